The van der Waals surface area contributed by atoms with Gasteiger partial charge in [-0.05, 0) is 11.3 Å². The van der Waals surface area contributed by atoms with Crippen LogP contribution in [0.3, 0.4) is 0 Å². The molecule has 0 aromatic heterocycles. The van der Waals surface area contributed by atoms with Crippen molar-refractivity contribution in [2.24, 2.45) is 0 Å². The van der Waals surface area contributed by atoms with Gasteiger partial charge in [0.15, 0.2) is 0 Å². The van der Waals surface area contributed by atoms with Gasteiger partial charge in [-0.25, -0.2) is 0 Å². The highest BCUT2D eigenvalue weighted by atomic mass is 15.1. The standard InChI is InChI=1S/C9H7N/c1-2-4-7-6(3-1)5-8-9(7)10-8/h1-5,8,10H/t8-/m1/s1. The van der Waals surface area contributed by atoms with Crippen LogP contribution in [0.5, 0.6) is 0 Å². The Morgan fingerprint density at radius 1 is 1.20 bits per heavy atom. The summed E-state index contributed by atoms with van der Waals surface area (Å²) in [6, 6.07) is 9.08. The normalized spacial score (nSPS) is 24.4. The Balaban J connectivity index is 2.63. The van der Waals surface area contributed by atoms with E-state index in [9.17, 15) is 0 Å². The molecule has 1 aromatic carbocycles. The summed E-state index contributed by atoms with van der Waals surface area (Å²) in [7, 11) is 0. The zero-order valence-corrected chi connectivity index (χ0v) is 5.46. The third-order valence-corrected chi connectivity index (χ3v) is 2.14. The Labute approximate surface area is 58.7 Å². The summed E-state index contributed by atoms with van der Waals surface area (Å²) in [5.41, 5.74) is 1.41. The topological polar surface area (TPSA) is 21.9 Å². The minimum Gasteiger partial charge on any atom is -0.374 e. The van der Waals surface area contributed by atoms with Crippen LogP contribution in [0.15, 0.2) is 24.3 Å². The van der Waals surface area contributed by atoms with Gasteiger partial charge in [0.05, 0.1) is 6.04 Å². The van der Waals surface area contributed by atoms with Crippen LogP contribution >= 0.6 is 0 Å². The van der Waals surface area contributed by atoms with Crippen molar-refractivity contribution >= 4 is 11.8 Å². The van der Waals surface area contributed by atoms with Crippen LogP contribution in [0.2, 0.25) is 0 Å². The summed E-state index contributed by atoms with van der Waals surface area (Å²) in [6.45, 7) is 0. The van der Waals surface area contributed by atoms with Crippen molar-refractivity contribution in [1.29, 1.82) is 0 Å². The van der Waals surface area contributed by atoms with E-state index in [1.54, 1.807) is 0 Å². The molecule has 48 valence electrons. The van der Waals surface area contributed by atoms with E-state index >= 15 is 0 Å². The maximum atomic E-state index is 3.29. The Morgan fingerprint density at radius 2 is 2.10 bits per heavy atom. The number of fused-ring (bicyclic) bond motifs is 2. The lowest BCUT2D eigenvalue weighted by Gasteiger charge is -1.83. The second-order valence-electron chi connectivity index (χ2n) is 2.79. The highest BCUT2D eigenvalue weighted by molar-refractivity contribution is 5.78. The first-order valence-corrected chi connectivity index (χ1v) is 3.53. The first-order valence-electron chi connectivity index (χ1n) is 3.53. The molecular formula is C9H7N. The smallest absolute Gasteiger partial charge is 0.0858 e. The van der Waals surface area contributed by atoms with E-state index in [0.29, 0.717) is 6.04 Å². The molecule has 0 unspecified atom stereocenters. The predicted molar refractivity (Wildman–Crippen MR) is 40.5 cm³/mol. The lowest BCUT2D eigenvalue weighted by molar-refractivity contribution is 1.24. The minimum absolute atomic E-state index is 0.581. The van der Waals surface area contributed by atoms with Gasteiger partial charge in [0.1, 0.15) is 0 Å². The monoisotopic (exact) mass is 129 g/mol. The highest BCUT2D eigenvalue weighted by Gasteiger charge is 2.29. The van der Waals surface area contributed by atoms with Crippen molar-refractivity contribution < 1.29 is 0 Å². The lowest BCUT2D eigenvalue weighted by atomic mass is 10.3. The Bertz CT molecular complexity index is 403. The Kier molecular flexibility index (Phi) is 0.575. The molecule has 1 heteroatoms. The number of nitrogens with one attached hydrogen (secondary N) is 1. The molecule has 0 radical (unpaired) electrons. The molecule has 1 fully saturated rings. The number of benzene rings is 1. The highest BCUT2D eigenvalue weighted by Crippen LogP contribution is 2.18. The average Bonchev–Trinajstić information content (AvgIpc) is 2.64. The Morgan fingerprint density at radius 3 is 3.00 bits per heavy atom. The molecule has 0 spiro atoms. The van der Waals surface area contributed by atoms with Gasteiger partial charge in [0.2, 0.25) is 0 Å². The largest absolute Gasteiger partial charge is 0.374 e. The van der Waals surface area contributed by atoms with Gasteiger partial charge in [0, 0.05) is 10.9 Å². The van der Waals surface area contributed by atoms with Gasteiger partial charge < -0.3 is 5.32 Å². The zero-order valence-electron chi connectivity index (χ0n) is 5.46. The van der Waals surface area contributed by atoms with Crippen LogP contribution in [-0.4, -0.2) is 6.04 Å². The lowest BCUT2D eigenvalue weighted by Crippen LogP contribution is -2.22. The van der Waals surface area contributed by atoms with Crippen LogP contribution in [-0.2, 0) is 0 Å². The SMILES string of the molecule is C1=c2ccccc2=C2N[C@H]12. The zero-order chi connectivity index (χ0) is 6.55. The molecular weight excluding hydrogens is 122 g/mol. The summed E-state index contributed by atoms with van der Waals surface area (Å²) in [4.78, 5) is 0. The van der Waals surface area contributed by atoms with Crippen LogP contribution < -0.4 is 15.8 Å². The van der Waals surface area contributed by atoms with E-state index in [0.717, 1.165) is 0 Å². The van der Waals surface area contributed by atoms with E-state index in [2.05, 4.69) is 35.7 Å². The van der Waals surface area contributed by atoms with E-state index in [1.807, 2.05) is 0 Å². The molecule has 1 heterocycles. The quantitative estimate of drug-likeness (QED) is 0.471. The van der Waals surface area contributed by atoms with E-state index < -0.39 is 0 Å². The van der Waals surface area contributed by atoms with Gasteiger partial charge in [-0.1, -0.05) is 24.3 Å². The number of hydrogen-bond donors (Lipinski definition) is 1. The average molecular weight is 129 g/mol. The molecule has 2 aliphatic rings. The van der Waals surface area contributed by atoms with Crippen LogP contribution in [0, 0.1) is 0 Å². The number of hydrogen-bond acceptors (Lipinski definition) is 1. The number of rotatable bonds is 0. The third kappa shape index (κ3) is 0.397. The summed E-state index contributed by atoms with van der Waals surface area (Å²) in [5, 5.41) is 6.07. The maximum absolute atomic E-state index is 3.29. The van der Waals surface area contributed by atoms with E-state index in [1.165, 1.54) is 16.1 Å². The Hall–Kier alpha value is -1.24. The van der Waals surface area contributed by atoms with Crippen molar-refractivity contribution in [3.8, 4) is 0 Å². The third-order valence-electron chi connectivity index (χ3n) is 2.14. The second-order valence-corrected chi connectivity index (χ2v) is 2.79. The minimum atomic E-state index is 0.581. The van der Waals surface area contributed by atoms with Crippen molar-refractivity contribution in [2.75, 3.05) is 0 Å². The van der Waals surface area contributed by atoms with Crippen LogP contribution in [0.1, 0.15) is 0 Å². The molecule has 10 heavy (non-hydrogen) atoms. The molecule has 0 saturated carbocycles. The molecule has 1 nitrogen and oxygen atoms in total. The van der Waals surface area contributed by atoms with Gasteiger partial charge in [0.25, 0.3) is 0 Å². The van der Waals surface area contributed by atoms with Crippen molar-refractivity contribution in [3.05, 3.63) is 34.7 Å². The van der Waals surface area contributed by atoms with Crippen molar-refractivity contribution in [1.82, 2.24) is 5.32 Å². The molecule has 1 N–H and O–H groups in total. The molecule has 0 bridgehead atoms. The molecule has 3 rings (SSSR count). The second kappa shape index (κ2) is 1.26. The van der Waals surface area contributed by atoms with Crippen molar-refractivity contribution in [3.63, 3.8) is 0 Å². The van der Waals surface area contributed by atoms with Crippen LogP contribution in [0.25, 0.3) is 11.8 Å². The molecule has 1 aromatic rings. The predicted octanol–water partition coefficient (Wildman–Crippen LogP) is -0.439. The fraction of sp³-hybridized carbons (Fsp3) is 0.111. The van der Waals surface area contributed by atoms with E-state index in [-0.39, 0.29) is 0 Å². The molecule has 1 aliphatic carbocycles. The summed E-state index contributed by atoms with van der Waals surface area (Å²) >= 11 is 0. The molecule has 1 aliphatic heterocycles. The first-order chi connectivity index (χ1) is 4.95. The molecule has 1 saturated heterocycles. The summed E-state index contributed by atoms with van der Waals surface area (Å²) in [6.07, 6.45) is 2.27. The van der Waals surface area contributed by atoms with Gasteiger partial charge in [-0.15, -0.1) is 0 Å². The van der Waals surface area contributed by atoms with Gasteiger partial charge >= 0.3 is 0 Å². The van der Waals surface area contributed by atoms with E-state index in [4.69, 9.17) is 0 Å². The van der Waals surface area contributed by atoms with Gasteiger partial charge in [-0.2, -0.15) is 0 Å². The van der Waals surface area contributed by atoms with Crippen molar-refractivity contribution in [2.45, 2.75) is 6.04 Å². The van der Waals surface area contributed by atoms with Crippen LogP contribution in [0.4, 0.5) is 0 Å². The maximum Gasteiger partial charge on any atom is 0.0858 e. The molecule has 1 atom stereocenters. The first kappa shape index (κ1) is 4.56. The van der Waals surface area contributed by atoms with Gasteiger partial charge in [-0.3, -0.25) is 0 Å². The fourth-order valence-electron chi connectivity index (χ4n) is 1.56. The summed E-state index contributed by atoms with van der Waals surface area (Å²) < 4.78 is 0. The molecule has 0 amide bonds. The summed E-state index contributed by atoms with van der Waals surface area (Å²) in [5.74, 6) is 0. The fourth-order valence-corrected chi connectivity index (χ4v) is 1.56.